The third-order valence-corrected chi connectivity index (χ3v) is 5.67. The fourth-order valence-corrected chi connectivity index (χ4v) is 4.23. The molecule has 0 atom stereocenters. The summed E-state index contributed by atoms with van der Waals surface area (Å²) in [5, 5.41) is 6.02. The number of hydrogen-bond donors (Lipinski definition) is 0. The number of carbonyl (C=O) groups excluding carboxylic acids is 1. The first-order valence-corrected chi connectivity index (χ1v) is 9.47. The standard InChI is InChI=1S/C17H18ClN5OS/c1-2-23-6-5-14(20-23)16(24)21-7-9-22(10-8-21)17-19-13-4-3-12(18)11-15(13)25-17/h3-6,11H,2,7-10H2,1H3. The highest BCUT2D eigenvalue weighted by atomic mass is 35.5. The number of halogens is 1. The molecule has 0 saturated carbocycles. The van der Waals surface area contributed by atoms with Crippen molar-refractivity contribution in [3.63, 3.8) is 0 Å². The number of carbonyl (C=O) groups is 1. The summed E-state index contributed by atoms with van der Waals surface area (Å²) >= 11 is 7.69. The first kappa shape index (κ1) is 16.4. The lowest BCUT2D eigenvalue weighted by atomic mass is 10.3. The summed E-state index contributed by atoms with van der Waals surface area (Å²) in [4.78, 5) is 21.3. The topological polar surface area (TPSA) is 54.3 Å². The normalized spacial score (nSPS) is 15.1. The molecule has 3 aromatic rings. The molecule has 4 rings (SSSR count). The van der Waals surface area contributed by atoms with Crippen molar-refractivity contribution in [1.82, 2.24) is 19.7 Å². The van der Waals surface area contributed by atoms with E-state index in [-0.39, 0.29) is 5.91 Å². The molecular weight excluding hydrogens is 358 g/mol. The van der Waals surface area contributed by atoms with Crippen LogP contribution in [0.5, 0.6) is 0 Å². The predicted molar refractivity (Wildman–Crippen MR) is 101 cm³/mol. The molecule has 1 aliphatic heterocycles. The minimum absolute atomic E-state index is 0.00271. The number of aromatic nitrogens is 3. The number of piperazine rings is 1. The molecule has 1 aliphatic rings. The van der Waals surface area contributed by atoms with Crippen molar-refractivity contribution in [3.05, 3.63) is 41.2 Å². The molecule has 1 saturated heterocycles. The van der Waals surface area contributed by atoms with Gasteiger partial charge >= 0.3 is 0 Å². The second-order valence-electron chi connectivity index (χ2n) is 5.94. The van der Waals surface area contributed by atoms with Crippen molar-refractivity contribution < 1.29 is 4.79 Å². The predicted octanol–water partition coefficient (Wildman–Crippen LogP) is 3.13. The average molecular weight is 376 g/mol. The maximum absolute atomic E-state index is 12.6. The smallest absolute Gasteiger partial charge is 0.274 e. The lowest BCUT2D eigenvalue weighted by molar-refractivity contribution is 0.0740. The number of anilines is 1. The van der Waals surface area contributed by atoms with E-state index in [1.165, 1.54) is 0 Å². The van der Waals surface area contributed by atoms with Gasteiger partial charge in [-0.05, 0) is 31.2 Å². The first-order valence-electron chi connectivity index (χ1n) is 8.28. The van der Waals surface area contributed by atoms with Crippen LogP contribution >= 0.6 is 22.9 Å². The van der Waals surface area contributed by atoms with E-state index < -0.39 is 0 Å². The van der Waals surface area contributed by atoms with Crippen LogP contribution in [0.3, 0.4) is 0 Å². The molecule has 0 N–H and O–H groups in total. The first-order chi connectivity index (χ1) is 12.1. The van der Waals surface area contributed by atoms with E-state index in [4.69, 9.17) is 11.6 Å². The number of rotatable bonds is 3. The lowest BCUT2D eigenvalue weighted by Crippen LogP contribution is -2.48. The number of hydrogen-bond acceptors (Lipinski definition) is 5. The summed E-state index contributed by atoms with van der Waals surface area (Å²) in [6.07, 6.45) is 1.84. The van der Waals surface area contributed by atoms with Crippen LogP contribution in [0.25, 0.3) is 10.2 Å². The number of nitrogens with zero attached hydrogens (tertiary/aromatic N) is 5. The summed E-state index contributed by atoms with van der Waals surface area (Å²) in [7, 11) is 0. The number of fused-ring (bicyclic) bond motifs is 1. The van der Waals surface area contributed by atoms with Crippen LogP contribution in [-0.2, 0) is 6.54 Å². The van der Waals surface area contributed by atoms with E-state index in [1.807, 2.05) is 36.2 Å². The van der Waals surface area contributed by atoms with Crippen molar-refractivity contribution in [2.75, 3.05) is 31.1 Å². The Morgan fingerprint density at radius 1 is 1.24 bits per heavy atom. The van der Waals surface area contributed by atoms with Gasteiger partial charge in [0.2, 0.25) is 0 Å². The highest BCUT2D eigenvalue weighted by Gasteiger charge is 2.25. The fraction of sp³-hybridized carbons (Fsp3) is 0.353. The molecule has 1 fully saturated rings. The van der Waals surface area contributed by atoms with E-state index >= 15 is 0 Å². The van der Waals surface area contributed by atoms with Crippen LogP contribution in [0.15, 0.2) is 30.5 Å². The van der Waals surface area contributed by atoms with Crippen LogP contribution < -0.4 is 4.90 Å². The lowest BCUT2D eigenvalue weighted by Gasteiger charge is -2.34. The Hall–Kier alpha value is -2.12. The molecule has 0 aliphatic carbocycles. The highest BCUT2D eigenvalue weighted by Crippen LogP contribution is 2.31. The van der Waals surface area contributed by atoms with Crippen molar-refractivity contribution in [2.45, 2.75) is 13.5 Å². The Bertz CT molecular complexity index is 913. The Morgan fingerprint density at radius 3 is 2.76 bits per heavy atom. The summed E-state index contributed by atoms with van der Waals surface area (Å²) in [5.41, 5.74) is 1.48. The van der Waals surface area contributed by atoms with Crippen molar-refractivity contribution >= 4 is 44.2 Å². The maximum Gasteiger partial charge on any atom is 0.274 e. The van der Waals surface area contributed by atoms with Crippen LogP contribution in [0, 0.1) is 0 Å². The zero-order valence-electron chi connectivity index (χ0n) is 13.9. The summed E-state index contributed by atoms with van der Waals surface area (Å²) in [6, 6.07) is 7.54. The number of benzene rings is 1. The van der Waals surface area contributed by atoms with Gasteiger partial charge in [-0.15, -0.1) is 0 Å². The Labute approximate surface area is 154 Å². The molecule has 6 nitrogen and oxygen atoms in total. The molecular formula is C17H18ClN5OS. The maximum atomic E-state index is 12.6. The Balaban J connectivity index is 1.44. The number of thiazole rings is 1. The van der Waals surface area contributed by atoms with Gasteiger partial charge in [-0.25, -0.2) is 4.98 Å². The third kappa shape index (κ3) is 3.21. The van der Waals surface area contributed by atoms with E-state index in [0.29, 0.717) is 18.8 Å². The Kier molecular flexibility index (Phi) is 4.35. The zero-order valence-corrected chi connectivity index (χ0v) is 15.4. The second kappa shape index (κ2) is 6.65. The molecule has 25 heavy (non-hydrogen) atoms. The monoisotopic (exact) mass is 375 g/mol. The fourth-order valence-electron chi connectivity index (χ4n) is 2.94. The molecule has 0 spiro atoms. The van der Waals surface area contributed by atoms with E-state index in [9.17, 15) is 4.79 Å². The molecule has 2 aromatic heterocycles. The summed E-state index contributed by atoms with van der Waals surface area (Å²) in [5.74, 6) is 0.00271. The largest absolute Gasteiger partial charge is 0.345 e. The van der Waals surface area contributed by atoms with Crippen molar-refractivity contribution in [1.29, 1.82) is 0 Å². The molecule has 130 valence electrons. The third-order valence-electron chi connectivity index (χ3n) is 4.36. The van der Waals surface area contributed by atoms with Crippen molar-refractivity contribution in [2.24, 2.45) is 0 Å². The van der Waals surface area contributed by atoms with Gasteiger partial charge in [-0.3, -0.25) is 9.48 Å². The number of amides is 1. The molecule has 0 radical (unpaired) electrons. The minimum Gasteiger partial charge on any atom is -0.345 e. The van der Waals surface area contributed by atoms with Gasteiger partial charge in [0, 0.05) is 43.9 Å². The molecule has 1 aromatic carbocycles. The molecule has 0 unspecified atom stereocenters. The number of aryl methyl sites for hydroxylation is 1. The van der Waals surface area contributed by atoms with E-state index in [2.05, 4.69) is 15.0 Å². The van der Waals surface area contributed by atoms with E-state index in [0.717, 1.165) is 40.0 Å². The summed E-state index contributed by atoms with van der Waals surface area (Å²) in [6.45, 7) is 5.67. The molecule has 0 bridgehead atoms. The van der Waals surface area contributed by atoms with Gasteiger partial charge in [0.1, 0.15) is 5.69 Å². The van der Waals surface area contributed by atoms with Gasteiger partial charge in [0.05, 0.1) is 10.2 Å². The zero-order chi connectivity index (χ0) is 17.4. The average Bonchev–Trinajstić information content (AvgIpc) is 3.27. The molecule has 3 heterocycles. The van der Waals surface area contributed by atoms with E-state index in [1.54, 1.807) is 22.1 Å². The van der Waals surface area contributed by atoms with Gasteiger partial charge in [-0.2, -0.15) is 5.10 Å². The van der Waals surface area contributed by atoms with Gasteiger partial charge < -0.3 is 9.80 Å². The molecule has 1 amide bonds. The Morgan fingerprint density at radius 2 is 2.04 bits per heavy atom. The minimum atomic E-state index is 0.00271. The van der Waals surface area contributed by atoms with Crippen LogP contribution in [0.2, 0.25) is 5.02 Å². The van der Waals surface area contributed by atoms with Crippen LogP contribution in [-0.4, -0.2) is 51.8 Å². The SMILES string of the molecule is CCn1ccc(C(=O)N2CCN(c3nc4ccc(Cl)cc4s3)CC2)n1. The van der Waals surface area contributed by atoms with Gasteiger partial charge in [-0.1, -0.05) is 22.9 Å². The second-order valence-corrected chi connectivity index (χ2v) is 7.39. The van der Waals surface area contributed by atoms with Gasteiger partial charge in [0.25, 0.3) is 5.91 Å². The van der Waals surface area contributed by atoms with Gasteiger partial charge in [0.15, 0.2) is 5.13 Å². The molecule has 8 heteroatoms. The summed E-state index contributed by atoms with van der Waals surface area (Å²) < 4.78 is 2.86. The van der Waals surface area contributed by atoms with Crippen LogP contribution in [0.1, 0.15) is 17.4 Å². The van der Waals surface area contributed by atoms with Crippen molar-refractivity contribution in [3.8, 4) is 0 Å². The van der Waals surface area contributed by atoms with Crippen LogP contribution in [0.4, 0.5) is 5.13 Å². The quantitative estimate of drug-likeness (QED) is 0.705. The highest BCUT2D eigenvalue weighted by molar-refractivity contribution is 7.22.